The molecule has 30 heavy (non-hydrogen) atoms. The predicted molar refractivity (Wildman–Crippen MR) is 130 cm³/mol. The molecular formula is C21H41IN4O4. The van der Waals surface area contributed by atoms with Gasteiger partial charge in [0.25, 0.3) is 0 Å². The van der Waals surface area contributed by atoms with Crippen molar-refractivity contribution in [2.75, 3.05) is 53.1 Å². The second-order valence-corrected chi connectivity index (χ2v) is 8.89. The first kappa shape index (κ1) is 27.2. The van der Waals surface area contributed by atoms with Gasteiger partial charge in [0.2, 0.25) is 0 Å². The molecule has 2 saturated heterocycles. The first-order valence-electron chi connectivity index (χ1n) is 11.0. The van der Waals surface area contributed by atoms with Crippen molar-refractivity contribution in [3.05, 3.63) is 0 Å². The van der Waals surface area contributed by atoms with Crippen LogP contribution in [0.4, 0.5) is 4.79 Å². The smallest absolute Gasteiger partial charge is 0.410 e. The van der Waals surface area contributed by atoms with E-state index in [9.17, 15) is 4.79 Å². The summed E-state index contributed by atoms with van der Waals surface area (Å²) in [6, 6.07) is 0.173. The molecule has 0 radical (unpaired) electrons. The van der Waals surface area contributed by atoms with Crippen LogP contribution in [0.5, 0.6) is 0 Å². The minimum Gasteiger partial charge on any atom is -0.444 e. The standard InChI is InChI=1S/C21H40N4O4.HI/c1-21(2,3)29-20(26)25-11-5-7-18(15-25)24-19(22-4)23-10-6-12-28-16-17-8-13-27-14-9-17;/h17-18H,5-16H2,1-4H3,(H2,22,23,24);1H. The average Bonchev–Trinajstić information content (AvgIpc) is 2.69. The van der Waals surface area contributed by atoms with E-state index in [2.05, 4.69) is 15.6 Å². The van der Waals surface area contributed by atoms with Gasteiger partial charge in [-0.1, -0.05) is 0 Å². The van der Waals surface area contributed by atoms with E-state index in [1.54, 1.807) is 11.9 Å². The van der Waals surface area contributed by atoms with E-state index < -0.39 is 5.60 Å². The molecule has 2 heterocycles. The zero-order valence-corrected chi connectivity index (χ0v) is 21.4. The fourth-order valence-electron chi connectivity index (χ4n) is 3.52. The van der Waals surface area contributed by atoms with Crippen LogP contribution in [-0.4, -0.2) is 81.7 Å². The molecule has 2 aliphatic heterocycles. The van der Waals surface area contributed by atoms with E-state index >= 15 is 0 Å². The Morgan fingerprint density at radius 1 is 1.23 bits per heavy atom. The molecule has 0 spiro atoms. The lowest BCUT2D eigenvalue weighted by atomic mass is 10.0. The molecule has 1 atom stereocenters. The number of carbonyl (C=O) groups excluding carboxylic acids is 1. The summed E-state index contributed by atoms with van der Waals surface area (Å²) in [6.45, 7) is 11.2. The number of hydrogen-bond acceptors (Lipinski definition) is 5. The summed E-state index contributed by atoms with van der Waals surface area (Å²) in [6.07, 6.45) is 4.86. The summed E-state index contributed by atoms with van der Waals surface area (Å²) >= 11 is 0. The van der Waals surface area contributed by atoms with Crippen LogP contribution in [0.2, 0.25) is 0 Å². The number of halogens is 1. The van der Waals surface area contributed by atoms with Gasteiger partial charge in [0.1, 0.15) is 5.60 Å². The molecule has 8 nitrogen and oxygen atoms in total. The number of piperidine rings is 1. The number of rotatable bonds is 7. The van der Waals surface area contributed by atoms with Crippen molar-refractivity contribution in [1.29, 1.82) is 0 Å². The van der Waals surface area contributed by atoms with Crippen molar-refractivity contribution in [3.63, 3.8) is 0 Å². The zero-order valence-electron chi connectivity index (χ0n) is 19.1. The molecule has 1 amide bonds. The Balaban J connectivity index is 0.00000450. The second-order valence-electron chi connectivity index (χ2n) is 8.89. The van der Waals surface area contributed by atoms with Gasteiger partial charge in [-0.05, 0) is 58.8 Å². The van der Waals surface area contributed by atoms with Crippen LogP contribution < -0.4 is 10.6 Å². The zero-order chi connectivity index (χ0) is 21.1. The largest absolute Gasteiger partial charge is 0.444 e. The predicted octanol–water partition coefficient (Wildman–Crippen LogP) is 3.00. The lowest BCUT2D eigenvalue weighted by molar-refractivity contribution is 0.0193. The molecule has 2 N–H and O–H groups in total. The number of guanidine groups is 1. The second kappa shape index (κ2) is 14.3. The van der Waals surface area contributed by atoms with Gasteiger partial charge in [0, 0.05) is 59.2 Å². The molecule has 0 aliphatic carbocycles. The topological polar surface area (TPSA) is 84.4 Å². The SMILES string of the molecule is CN=C(NCCCOCC1CCOCC1)NC1CCCN(C(=O)OC(C)(C)C)C1.I. The fraction of sp³-hybridized carbons (Fsp3) is 0.905. The normalized spacial score (nSPS) is 21.0. The minimum atomic E-state index is -0.470. The highest BCUT2D eigenvalue weighted by molar-refractivity contribution is 14.0. The molecule has 2 rings (SSSR count). The van der Waals surface area contributed by atoms with E-state index in [0.717, 1.165) is 77.6 Å². The maximum atomic E-state index is 12.3. The Kier molecular flexibility index (Phi) is 13.0. The lowest BCUT2D eigenvalue weighted by Gasteiger charge is -2.35. The Hall–Kier alpha value is -0.810. The van der Waals surface area contributed by atoms with Crippen LogP contribution in [0, 0.1) is 5.92 Å². The first-order valence-corrected chi connectivity index (χ1v) is 11.0. The van der Waals surface area contributed by atoms with E-state index in [1.165, 1.54) is 0 Å². The highest BCUT2D eigenvalue weighted by Crippen LogP contribution is 2.16. The van der Waals surface area contributed by atoms with Crippen molar-refractivity contribution < 1.29 is 19.0 Å². The van der Waals surface area contributed by atoms with Gasteiger partial charge >= 0.3 is 6.09 Å². The van der Waals surface area contributed by atoms with Gasteiger partial charge in [0.05, 0.1) is 0 Å². The summed E-state index contributed by atoms with van der Waals surface area (Å²) in [5.74, 6) is 1.41. The van der Waals surface area contributed by atoms with Crippen LogP contribution in [0.25, 0.3) is 0 Å². The van der Waals surface area contributed by atoms with E-state index in [0.29, 0.717) is 12.5 Å². The van der Waals surface area contributed by atoms with E-state index in [4.69, 9.17) is 14.2 Å². The molecule has 2 fully saturated rings. The molecule has 176 valence electrons. The quantitative estimate of drug-likeness (QED) is 0.224. The van der Waals surface area contributed by atoms with Crippen molar-refractivity contribution in [3.8, 4) is 0 Å². The number of ether oxygens (including phenoxy) is 3. The van der Waals surface area contributed by atoms with Crippen LogP contribution >= 0.6 is 24.0 Å². The Labute approximate surface area is 198 Å². The molecule has 0 aromatic rings. The number of amides is 1. The van der Waals surface area contributed by atoms with E-state index in [1.807, 2.05) is 20.8 Å². The highest BCUT2D eigenvalue weighted by atomic mass is 127. The third kappa shape index (κ3) is 11.0. The van der Waals surface area contributed by atoms with Gasteiger partial charge in [0.15, 0.2) is 5.96 Å². The lowest BCUT2D eigenvalue weighted by Crippen LogP contribution is -2.53. The molecule has 1 unspecified atom stereocenters. The Morgan fingerprint density at radius 3 is 2.63 bits per heavy atom. The summed E-state index contributed by atoms with van der Waals surface area (Å²) in [7, 11) is 1.77. The maximum absolute atomic E-state index is 12.3. The van der Waals surface area contributed by atoms with Crippen molar-refractivity contribution in [2.45, 2.75) is 64.5 Å². The van der Waals surface area contributed by atoms with Gasteiger partial charge < -0.3 is 29.7 Å². The van der Waals surface area contributed by atoms with Gasteiger partial charge in [-0.15, -0.1) is 24.0 Å². The van der Waals surface area contributed by atoms with Crippen molar-refractivity contribution >= 4 is 36.0 Å². The number of likely N-dealkylation sites (tertiary alicyclic amines) is 1. The van der Waals surface area contributed by atoms with Gasteiger partial charge in [-0.2, -0.15) is 0 Å². The van der Waals surface area contributed by atoms with Crippen LogP contribution in [0.1, 0.15) is 52.9 Å². The maximum Gasteiger partial charge on any atom is 0.410 e. The number of nitrogens with one attached hydrogen (secondary N) is 2. The van der Waals surface area contributed by atoms with Crippen molar-refractivity contribution in [2.24, 2.45) is 10.9 Å². The first-order chi connectivity index (χ1) is 13.9. The number of aliphatic imine (C=N–C) groups is 1. The monoisotopic (exact) mass is 540 g/mol. The van der Waals surface area contributed by atoms with Gasteiger partial charge in [-0.25, -0.2) is 4.79 Å². The molecule has 9 heteroatoms. The van der Waals surface area contributed by atoms with Crippen molar-refractivity contribution in [1.82, 2.24) is 15.5 Å². The fourth-order valence-corrected chi connectivity index (χ4v) is 3.52. The third-order valence-electron chi connectivity index (χ3n) is 5.09. The summed E-state index contributed by atoms with van der Waals surface area (Å²) in [5.41, 5.74) is -0.470. The highest BCUT2D eigenvalue weighted by Gasteiger charge is 2.28. The minimum absolute atomic E-state index is 0. The molecule has 0 bridgehead atoms. The van der Waals surface area contributed by atoms with E-state index in [-0.39, 0.29) is 36.1 Å². The number of hydrogen-bond donors (Lipinski definition) is 2. The average molecular weight is 540 g/mol. The summed E-state index contributed by atoms with van der Waals surface area (Å²) < 4.78 is 16.7. The molecule has 0 aromatic heterocycles. The Bertz CT molecular complexity index is 522. The summed E-state index contributed by atoms with van der Waals surface area (Å²) in [4.78, 5) is 18.4. The molecule has 0 saturated carbocycles. The van der Waals surface area contributed by atoms with Gasteiger partial charge in [-0.3, -0.25) is 4.99 Å². The molecule has 0 aromatic carbocycles. The van der Waals surface area contributed by atoms with Crippen LogP contribution in [0.15, 0.2) is 4.99 Å². The third-order valence-corrected chi connectivity index (χ3v) is 5.09. The molecule has 2 aliphatic rings. The Morgan fingerprint density at radius 2 is 1.97 bits per heavy atom. The van der Waals surface area contributed by atoms with Crippen LogP contribution in [-0.2, 0) is 14.2 Å². The number of nitrogens with zero attached hydrogens (tertiary/aromatic N) is 2. The summed E-state index contributed by atoms with van der Waals surface area (Å²) in [5, 5.41) is 6.77. The number of carbonyl (C=O) groups is 1. The molecular weight excluding hydrogens is 499 g/mol. The van der Waals surface area contributed by atoms with Crippen LogP contribution in [0.3, 0.4) is 0 Å².